The lowest BCUT2D eigenvalue weighted by Crippen LogP contribution is -2.27. The molecule has 0 radical (unpaired) electrons. The Morgan fingerprint density at radius 2 is 2.21 bits per heavy atom. The fraction of sp³-hybridized carbons (Fsp3) is 0.412. The van der Waals surface area contributed by atoms with Crippen LogP contribution in [-0.4, -0.2) is 56.7 Å². The summed E-state index contributed by atoms with van der Waals surface area (Å²) in [6.45, 7) is 1.60. The van der Waals surface area contributed by atoms with Crippen LogP contribution in [0.5, 0.6) is 0 Å². The van der Waals surface area contributed by atoms with Crippen molar-refractivity contribution in [2.75, 3.05) is 46.2 Å². The van der Waals surface area contributed by atoms with E-state index in [0.29, 0.717) is 31.1 Å². The molecule has 2 aromatic heterocycles. The molecule has 2 rings (SSSR count). The molecule has 0 aliphatic rings. The highest BCUT2D eigenvalue weighted by Gasteiger charge is 2.16. The van der Waals surface area contributed by atoms with E-state index in [1.807, 2.05) is 26.2 Å². The summed E-state index contributed by atoms with van der Waals surface area (Å²) in [4.78, 5) is 18.3. The van der Waals surface area contributed by atoms with Gasteiger partial charge in [0.05, 0.1) is 24.5 Å². The number of nitrogens with one attached hydrogen (secondary N) is 2. The maximum atomic E-state index is 11.9. The van der Waals surface area contributed by atoms with Crippen molar-refractivity contribution >= 4 is 11.7 Å². The number of methoxy groups -OCH3 is 1. The molecule has 0 saturated heterocycles. The average Bonchev–Trinajstić information content (AvgIpc) is 3.09. The second-order valence-electron chi connectivity index (χ2n) is 5.56. The van der Waals surface area contributed by atoms with Gasteiger partial charge in [-0.05, 0) is 38.4 Å². The van der Waals surface area contributed by atoms with E-state index in [2.05, 4.69) is 20.5 Å². The van der Waals surface area contributed by atoms with Gasteiger partial charge in [0.25, 0.3) is 5.91 Å². The minimum Gasteiger partial charge on any atom is -0.468 e. The number of aromatic nitrogens is 1. The molecule has 0 fully saturated rings. The molecule has 7 nitrogen and oxygen atoms in total. The Labute approximate surface area is 142 Å². The van der Waals surface area contributed by atoms with Gasteiger partial charge in [-0.3, -0.25) is 9.69 Å². The van der Waals surface area contributed by atoms with E-state index in [9.17, 15) is 4.79 Å². The van der Waals surface area contributed by atoms with Gasteiger partial charge in [-0.25, -0.2) is 4.98 Å². The summed E-state index contributed by atoms with van der Waals surface area (Å²) in [5.41, 5.74) is 0.520. The number of rotatable bonds is 9. The second kappa shape index (κ2) is 9.05. The van der Waals surface area contributed by atoms with Crippen molar-refractivity contribution in [3.8, 4) is 0 Å². The third-order valence-corrected chi connectivity index (χ3v) is 3.59. The first-order valence-electron chi connectivity index (χ1n) is 7.78. The molecule has 2 N–H and O–H groups in total. The summed E-state index contributed by atoms with van der Waals surface area (Å²) in [6.07, 6.45) is 3.23. The van der Waals surface area contributed by atoms with Gasteiger partial charge in [0, 0.05) is 26.4 Å². The van der Waals surface area contributed by atoms with Crippen LogP contribution in [0.4, 0.5) is 5.82 Å². The van der Waals surface area contributed by atoms with Crippen LogP contribution in [0.25, 0.3) is 0 Å². The first kappa shape index (κ1) is 18.0. The van der Waals surface area contributed by atoms with Crippen LogP contribution in [0.1, 0.15) is 22.2 Å². The Bertz CT molecular complexity index is 611. The molecule has 2 heterocycles. The molecule has 0 aliphatic heterocycles. The van der Waals surface area contributed by atoms with E-state index in [-0.39, 0.29) is 11.9 Å². The van der Waals surface area contributed by atoms with E-state index >= 15 is 0 Å². The van der Waals surface area contributed by atoms with Crippen molar-refractivity contribution in [3.05, 3.63) is 48.0 Å². The third kappa shape index (κ3) is 5.07. The smallest absolute Gasteiger partial charge is 0.252 e. The normalized spacial score (nSPS) is 12.2. The van der Waals surface area contributed by atoms with Crippen LogP contribution >= 0.6 is 0 Å². The van der Waals surface area contributed by atoms with E-state index in [4.69, 9.17) is 9.15 Å². The first-order chi connectivity index (χ1) is 11.6. The number of hydrogen-bond acceptors (Lipinski definition) is 6. The number of carbonyl (C=O) groups is 1. The SMILES string of the molecule is COCCNC(=O)c1ccc(NC[C@H](c2ccco2)N(C)C)nc1. The summed E-state index contributed by atoms with van der Waals surface area (Å²) in [7, 11) is 5.59. The van der Waals surface area contributed by atoms with Crippen molar-refractivity contribution < 1.29 is 13.9 Å². The van der Waals surface area contributed by atoms with Gasteiger partial charge in [-0.15, -0.1) is 0 Å². The number of anilines is 1. The number of ether oxygens (including phenoxy) is 1. The number of likely N-dealkylation sites (N-methyl/N-ethyl adjacent to an activating group) is 1. The Morgan fingerprint density at radius 1 is 1.38 bits per heavy atom. The number of pyridine rings is 1. The molecule has 0 saturated carbocycles. The highest BCUT2D eigenvalue weighted by Crippen LogP contribution is 2.19. The molecule has 2 aromatic rings. The lowest BCUT2D eigenvalue weighted by Gasteiger charge is -2.22. The predicted molar refractivity (Wildman–Crippen MR) is 92.1 cm³/mol. The lowest BCUT2D eigenvalue weighted by atomic mass is 10.2. The van der Waals surface area contributed by atoms with Crippen molar-refractivity contribution in [2.24, 2.45) is 0 Å². The molecule has 0 spiro atoms. The average molecular weight is 332 g/mol. The number of amides is 1. The van der Waals surface area contributed by atoms with Crippen molar-refractivity contribution in [1.82, 2.24) is 15.2 Å². The van der Waals surface area contributed by atoms with E-state index in [1.54, 1.807) is 31.7 Å². The van der Waals surface area contributed by atoms with Gasteiger partial charge in [-0.1, -0.05) is 0 Å². The van der Waals surface area contributed by atoms with Crippen LogP contribution in [0.2, 0.25) is 0 Å². The van der Waals surface area contributed by atoms with Gasteiger partial charge in [0.2, 0.25) is 0 Å². The zero-order valence-electron chi connectivity index (χ0n) is 14.3. The Balaban J connectivity index is 1.90. The van der Waals surface area contributed by atoms with Gasteiger partial charge in [0.1, 0.15) is 11.6 Å². The molecule has 1 atom stereocenters. The van der Waals surface area contributed by atoms with Gasteiger partial charge in [-0.2, -0.15) is 0 Å². The highest BCUT2D eigenvalue weighted by atomic mass is 16.5. The van der Waals surface area contributed by atoms with Crippen molar-refractivity contribution in [1.29, 1.82) is 0 Å². The number of furan rings is 1. The zero-order chi connectivity index (χ0) is 17.4. The van der Waals surface area contributed by atoms with Gasteiger partial charge in [0.15, 0.2) is 0 Å². The van der Waals surface area contributed by atoms with Crippen LogP contribution in [0.3, 0.4) is 0 Å². The predicted octanol–water partition coefficient (Wildman–Crippen LogP) is 1.77. The second-order valence-corrected chi connectivity index (χ2v) is 5.56. The van der Waals surface area contributed by atoms with Crippen LogP contribution < -0.4 is 10.6 Å². The largest absolute Gasteiger partial charge is 0.468 e. The molecule has 0 unspecified atom stereocenters. The molecule has 7 heteroatoms. The third-order valence-electron chi connectivity index (χ3n) is 3.59. The topological polar surface area (TPSA) is 79.6 Å². The van der Waals surface area contributed by atoms with Gasteiger partial charge >= 0.3 is 0 Å². The first-order valence-corrected chi connectivity index (χ1v) is 7.78. The Hall–Kier alpha value is -2.38. The maximum Gasteiger partial charge on any atom is 0.252 e. The minimum absolute atomic E-state index is 0.0961. The van der Waals surface area contributed by atoms with E-state index in [1.165, 1.54) is 0 Å². The molecule has 130 valence electrons. The number of hydrogen-bond donors (Lipinski definition) is 2. The summed E-state index contributed by atoms with van der Waals surface area (Å²) in [6, 6.07) is 7.46. The van der Waals surface area contributed by atoms with E-state index < -0.39 is 0 Å². The van der Waals surface area contributed by atoms with Crippen LogP contribution in [0, 0.1) is 0 Å². The molecular formula is C17H24N4O3. The summed E-state index contributed by atoms with van der Waals surface area (Å²) in [5.74, 6) is 1.44. The number of carbonyl (C=O) groups excluding carboxylic acids is 1. The zero-order valence-corrected chi connectivity index (χ0v) is 14.3. The fourth-order valence-corrected chi connectivity index (χ4v) is 2.22. The highest BCUT2D eigenvalue weighted by molar-refractivity contribution is 5.94. The lowest BCUT2D eigenvalue weighted by molar-refractivity contribution is 0.0937. The fourth-order valence-electron chi connectivity index (χ4n) is 2.22. The minimum atomic E-state index is -0.159. The molecule has 0 aliphatic carbocycles. The monoisotopic (exact) mass is 332 g/mol. The Morgan fingerprint density at radius 3 is 2.79 bits per heavy atom. The molecular weight excluding hydrogens is 308 g/mol. The van der Waals surface area contributed by atoms with Crippen molar-refractivity contribution in [3.63, 3.8) is 0 Å². The Kier molecular flexibility index (Phi) is 6.77. The molecule has 0 aromatic carbocycles. The molecule has 1 amide bonds. The number of nitrogens with zero attached hydrogens (tertiary/aromatic N) is 2. The van der Waals surface area contributed by atoms with E-state index in [0.717, 1.165) is 5.76 Å². The van der Waals surface area contributed by atoms with Crippen molar-refractivity contribution in [2.45, 2.75) is 6.04 Å². The standard InChI is InChI=1S/C17H24N4O3/c1-21(2)14(15-5-4-9-24-15)12-20-16-7-6-13(11-19-16)17(22)18-8-10-23-3/h4-7,9,11,14H,8,10,12H2,1-3H3,(H,18,22)(H,19,20)/t14-/m1/s1. The van der Waals surface area contributed by atoms with Gasteiger partial charge < -0.3 is 19.8 Å². The molecule has 0 bridgehead atoms. The summed E-state index contributed by atoms with van der Waals surface area (Å²) < 4.78 is 10.4. The summed E-state index contributed by atoms with van der Waals surface area (Å²) >= 11 is 0. The quantitative estimate of drug-likeness (QED) is 0.681. The molecule has 24 heavy (non-hydrogen) atoms. The van der Waals surface area contributed by atoms with Crippen LogP contribution in [-0.2, 0) is 4.74 Å². The maximum absolute atomic E-state index is 11.9. The summed E-state index contributed by atoms with van der Waals surface area (Å²) in [5, 5.41) is 6.03. The van der Waals surface area contributed by atoms with Crippen LogP contribution in [0.15, 0.2) is 41.1 Å².